The van der Waals surface area contributed by atoms with Gasteiger partial charge in [-0.05, 0) is 75.7 Å². The van der Waals surface area contributed by atoms with E-state index in [0.29, 0.717) is 21.5 Å². The van der Waals surface area contributed by atoms with Crippen molar-refractivity contribution in [2.24, 2.45) is 0 Å². The first-order chi connectivity index (χ1) is 16.3. The third kappa shape index (κ3) is 5.68. The van der Waals surface area contributed by atoms with Crippen LogP contribution in [0.4, 0.5) is 15.3 Å². The van der Waals surface area contributed by atoms with Crippen molar-refractivity contribution >= 4 is 41.0 Å². The number of imide groups is 1. The summed E-state index contributed by atoms with van der Waals surface area (Å²) in [6, 6.07) is 11.5. The summed E-state index contributed by atoms with van der Waals surface area (Å²) in [6.45, 7) is 5.73. The minimum atomic E-state index is -0.766. The van der Waals surface area contributed by atoms with Crippen LogP contribution in [0.3, 0.4) is 0 Å². The molecule has 2 aliphatic rings. The highest BCUT2D eigenvalue weighted by Crippen LogP contribution is 2.30. The average molecular weight is 506 g/mol. The van der Waals surface area contributed by atoms with Gasteiger partial charge in [0.05, 0.1) is 11.6 Å². The fourth-order valence-electron chi connectivity index (χ4n) is 4.05. The molecule has 1 unspecified atom stereocenters. The van der Waals surface area contributed by atoms with Crippen LogP contribution in [0.5, 0.6) is 5.75 Å². The Labute approximate surface area is 209 Å². The summed E-state index contributed by atoms with van der Waals surface area (Å²) in [5.74, 6) is 0.617. The van der Waals surface area contributed by atoms with Crippen LogP contribution >= 0.6 is 23.2 Å². The molecule has 2 saturated heterocycles. The number of hydrogen-bond donors (Lipinski definition) is 3. The first-order valence-corrected chi connectivity index (χ1v) is 12.2. The van der Waals surface area contributed by atoms with E-state index in [-0.39, 0.29) is 24.7 Å². The highest BCUT2D eigenvalue weighted by molar-refractivity contribution is 6.32. The Morgan fingerprint density at radius 3 is 2.44 bits per heavy atom. The van der Waals surface area contributed by atoms with Crippen LogP contribution in [0, 0.1) is 0 Å². The van der Waals surface area contributed by atoms with Gasteiger partial charge in [0.25, 0.3) is 0 Å². The van der Waals surface area contributed by atoms with Crippen molar-refractivity contribution in [3.05, 3.63) is 58.1 Å². The smallest absolute Gasteiger partial charge is 0.331 e. The number of amides is 4. The molecule has 0 radical (unpaired) electrons. The third-order valence-electron chi connectivity index (χ3n) is 5.84. The molecule has 0 bridgehead atoms. The topological polar surface area (TPSA) is 85.9 Å². The molecule has 0 saturated carbocycles. The maximum atomic E-state index is 13.3. The molecule has 2 fully saturated rings. The van der Waals surface area contributed by atoms with E-state index in [1.165, 1.54) is 4.90 Å². The highest BCUT2D eigenvalue weighted by Gasteiger charge is 2.39. The fraction of sp³-hybridized carbons (Fsp3) is 0.417. The normalized spacial score (nSPS) is 19.4. The molecule has 1 atom stereocenters. The van der Waals surface area contributed by atoms with Crippen LogP contribution in [0.1, 0.15) is 32.3 Å². The van der Waals surface area contributed by atoms with Gasteiger partial charge in [0.1, 0.15) is 11.9 Å². The van der Waals surface area contributed by atoms with Gasteiger partial charge in [-0.1, -0.05) is 35.3 Å². The second-order valence-corrected chi connectivity index (χ2v) is 9.55. The van der Waals surface area contributed by atoms with Gasteiger partial charge in [-0.3, -0.25) is 10.2 Å². The van der Waals surface area contributed by atoms with Crippen molar-refractivity contribution < 1.29 is 14.3 Å². The first kappa shape index (κ1) is 24.4. The van der Waals surface area contributed by atoms with Gasteiger partial charge in [0.15, 0.2) is 6.29 Å². The molecule has 0 aliphatic carbocycles. The van der Waals surface area contributed by atoms with Crippen molar-refractivity contribution in [2.45, 2.75) is 51.7 Å². The molecule has 2 aromatic carbocycles. The minimum absolute atomic E-state index is 0.129. The summed E-state index contributed by atoms with van der Waals surface area (Å²) >= 11 is 12.5. The number of rotatable bonds is 7. The number of carbonyl (C=O) groups excluding carboxylic acids is 2. The van der Waals surface area contributed by atoms with Gasteiger partial charge in [0, 0.05) is 16.8 Å². The Balaban J connectivity index is 1.52. The summed E-state index contributed by atoms with van der Waals surface area (Å²) in [5, 5.41) is 10.5. The molecule has 0 aromatic heterocycles. The predicted octanol–water partition coefficient (Wildman–Crippen LogP) is 4.88. The number of hydrogen-bond acceptors (Lipinski definition) is 5. The molecule has 4 amide bonds. The summed E-state index contributed by atoms with van der Waals surface area (Å²) in [4.78, 5) is 28.7. The zero-order valence-corrected chi connectivity index (χ0v) is 20.7. The number of urea groups is 2. The molecule has 3 N–H and O–H groups in total. The average Bonchev–Trinajstić information content (AvgIpc) is 2.80. The van der Waals surface area contributed by atoms with Crippen molar-refractivity contribution in [1.29, 1.82) is 0 Å². The monoisotopic (exact) mass is 505 g/mol. The number of nitrogens with one attached hydrogen (secondary N) is 3. The van der Waals surface area contributed by atoms with E-state index in [2.05, 4.69) is 16.0 Å². The second-order valence-electron chi connectivity index (χ2n) is 8.71. The molecule has 2 aliphatic heterocycles. The SMILES string of the molecule is CC(C)N1C(=O)NC(Nc2ccc(OC3CCNCC3)c(Cl)c2)N(Cc2ccc(Cl)cc2)C1=O. The van der Waals surface area contributed by atoms with Crippen molar-refractivity contribution in [3.63, 3.8) is 0 Å². The van der Waals surface area contributed by atoms with E-state index in [9.17, 15) is 9.59 Å². The van der Waals surface area contributed by atoms with Gasteiger partial charge in [-0.25, -0.2) is 14.5 Å². The van der Waals surface area contributed by atoms with Crippen LogP contribution in [0.15, 0.2) is 42.5 Å². The number of piperidine rings is 1. The van der Waals surface area contributed by atoms with Crippen molar-refractivity contribution in [1.82, 2.24) is 20.4 Å². The van der Waals surface area contributed by atoms with Crippen LogP contribution in [-0.4, -0.2) is 53.4 Å². The molecule has 8 nitrogen and oxygen atoms in total. The first-order valence-electron chi connectivity index (χ1n) is 11.4. The number of nitrogens with zero attached hydrogens (tertiary/aromatic N) is 2. The molecule has 34 heavy (non-hydrogen) atoms. The highest BCUT2D eigenvalue weighted by atomic mass is 35.5. The lowest BCUT2D eigenvalue weighted by Gasteiger charge is -2.42. The molecule has 2 heterocycles. The van der Waals surface area contributed by atoms with E-state index in [1.54, 1.807) is 36.9 Å². The number of ether oxygens (including phenoxy) is 1. The Bertz CT molecular complexity index is 1030. The number of carbonyl (C=O) groups is 2. The lowest BCUT2D eigenvalue weighted by Crippen LogP contribution is -2.68. The zero-order valence-electron chi connectivity index (χ0n) is 19.2. The van der Waals surface area contributed by atoms with E-state index >= 15 is 0 Å². The lowest BCUT2D eigenvalue weighted by molar-refractivity contribution is 0.0975. The molecule has 10 heteroatoms. The molecular formula is C24H29Cl2N5O3. The maximum absolute atomic E-state index is 13.3. The predicted molar refractivity (Wildman–Crippen MR) is 133 cm³/mol. The van der Waals surface area contributed by atoms with E-state index in [0.717, 1.165) is 31.5 Å². The van der Waals surface area contributed by atoms with Gasteiger partial charge < -0.3 is 15.4 Å². The molecule has 0 spiro atoms. The number of halogens is 2. The zero-order chi connectivity index (χ0) is 24.2. The maximum Gasteiger partial charge on any atom is 0.331 e. The van der Waals surface area contributed by atoms with E-state index < -0.39 is 12.3 Å². The Kier molecular flexibility index (Phi) is 7.70. The third-order valence-corrected chi connectivity index (χ3v) is 6.39. The van der Waals surface area contributed by atoms with Crippen molar-refractivity contribution in [3.8, 4) is 5.75 Å². The summed E-state index contributed by atoms with van der Waals surface area (Å²) in [5.41, 5.74) is 1.54. The second kappa shape index (κ2) is 10.7. The molecule has 4 rings (SSSR count). The summed E-state index contributed by atoms with van der Waals surface area (Å²) in [7, 11) is 0. The Morgan fingerprint density at radius 1 is 1.09 bits per heavy atom. The molecule has 2 aromatic rings. The minimum Gasteiger partial charge on any atom is -0.489 e. The largest absolute Gasteiger partial charge is 0.489 e. The van der Waals surface area contributed by atoms with E-state index in [4.69, 9.17) is 27.9 Å². The lowest BCUT2D eigenvalue weighted by atomic mass is 10.1. The standard InChI is InChI=1S/C24H29Cl2N5O3/c1-15(2)31-23(32)29-22(30(24(31)33)14-16-3-5-17(25)6-4-16)28-18-7-8-21(20(26)13-18)34-19-9-11-27-12-10-19/h3-8,13,15,19,22,27-28H,9-12,14H2,1-2H3,(H,29,32). The Hall–Kier alpha value is -2.68. The molecular weight excluding hydrogens is 477 g/mol. The van der Waals surface area contributed by atoms with Crippen LogP contribution in [-0.2, 0) is 6.54 Å². The summed E-state index contributed by atoms with van der Waals surface area (Å²) < 4.78 is 6.06. The Morgan fingerprint density at radius 2 is 1.79 bits per heavy atom. The van der Waals surface area contributed by atoms with Gasteiger partial charge in [-0.15, -0.1) is 0 Å². The number of benzene rings is 2. The summed E-state index contributed by atoms with van der Waals surface area (Å²) in [6.07, 6.45) is 1.22. The van der Waals surface area contributed by atoms with Gasteiger partial charge in [0.2, 0.25) is 0 Å². The quantitative estimate of drug-likeness (QED) is 0.499. The van der Waals surface area contributed by atoms with Gasteiger partial charge in [-0.2, -0.15) is 0 Å². The van der Waals surface area contributed by atoms with Gasteiger partial charge >= 0.3 is 12.1 Å². The van der Waals surface area contributed by atoms with Crippen LogP contribution in [0.25, 0.3) is 0 Å². The molecule has 182 valence electrons. The van der Waals surface area contributed by atoms with Crippen LogP contribution in [0.2, 0.25) is 10.0 Å². The van der Waals surface area contributed by atoms with Crippen molar-refractivity contribution in [2.75, 3.05) is 18.4 Å². The number of anilines is 1. The fourth-order valence-corrected chi connectivity index (χ4v) is 4.40. The van der Waals surface area contributed by atoms with E-state index in [1.807, 2.05) is 24.3 Å². The van der Waals surface area contributed by atoms with Crippen LogP contribution < -0.4 is 20.7 Å².